The minimum Gasteiger partial charge on any atom is -0.760 e. The Hall–Kier alpha value is -1.33. The molecular weight excluding hydrogens is 283 g/mol. The Kier molecular flexibility index (Phi) is 4.50. The van der Waals surface area contributed by atoms with Crippen LogP contribution in [0.4, 0.5) is 4.39 Å². The summed E-state index contributed by atoms with van der Waals surface area (Å²) in [5.74, 6) is -0.559. The SMILES string of the molecule is N#CC1(c2ccc(CNS(=O)[O-])c(F)c2)CCC(O)C1. The monoisotopic (exact) mass is 297 g/mol. The lowest BCUT2D eigenvalue weighted by Crippen LogP contribution is -2.22. The molecule has 0 spiro atoms. The molecule has 0 heterocycles. The average molecular weight is 297 g/mol. The lowest BCUT2D eigenvalue weighted by atomic mass is 9.80. The van der Waals surface area contributed by atoms with Gasteiger partial charge in [-0.15, -0.1) is 0 Å². The van der Waals surface area contributed by atoms with Crippen LogP contribution >= 0.6 is 0 Å². The van der Waals surface area contributed by atoms with E-state index in [1.807, 2.05) is 0 Å². The maximum Gasteiger partial charge on any atom is 0.128 e. The van der Waals surface area contributed by atoms with E-state index in [1.54, 1.807) is 6.07 Å². The summed E-state index contributed by atoms with van der Waals surface area (Å²) in [7, 11) is 0. The molecule has 1 aromatic rings. The van der Waals surface area contributed by atoms with E-state index < -0.39 is 28.6 Å². The van der Waals surface area contributed by atoms with Gasteiger partial charge in [0.1, 0.15) is 5.82 Å². The Balaban J connectivity index is 2.24. The predicted molar refractivity (Wildman–Crippen MR) is 69.3 cm³/mol. The maximum absolute atomic E-state index is 13.9. The number of rotatable bonds is 4. The van der Waals surface area contributed by atoms with Gasteiger partial charge in [-0.1, -0.05) is 12.1 Å². The molecule has 2 N–H and O–H groups in total. The van der Waals surface area contributed by atoms with Crippen LogP contribution in [-0.4, -0.2) is 20.0 Å². The zero-order valence-electron chi connectivity index (χ0n) is 10.6. The van der Waals surface area contributed by atoms with Crippen molar-refractivity contribution in [2.24, 2.45) is 0 Å². The van der Waals surface area contributed by atoms with Crippen LogP contribution in [0.2, 0.25) is 0 Å². The summed E-state index contributed by atoms with van der Waals surface area (Å²) in [6.45, 7) is -0.135. The van der Waals surface area contributed by atoms with Crippen molar-refractivity contribution in [3.05, 3.63) is 35.1 Å². The summed E-state index contributed by atoms with van der Waals surface area (Å²) in [4.78, 5) is 0. The van der Waals surface area contributed by atoms with Gasteiger partial charge in [0.05, 0.1) is 17.6 Å². The summed E-state index contributed by atoms with van der Waals surface area (Å²) >= 11 is -2.45. The number of hydrogen-bond acceptors (Lipinski definition) is 4. The molecule has 3 unspecified atom stereocenters. The highest BCUT2D eigenvalue weighted by atomic mass is 32.2. The van der Waals surface area contributed by atoms with Gasteiger partial charge >= 0.3 is 0 Å². The Morgan fingerprint density at radius 1 is 1.65 bits per heavy atom. The summed E-state index contributed by atoms with van der Waals surface area (Å²) in [6, 6.07) is 6.52. The van der Waals surface area contributed by atoms with Gasteiger partial charge in [0.25, 0.3) is 0 Å². The Bertz CT molecular complexity index is 575. The van der Waals surface area contributed by atoms with Crippen molar-refractivity contribution >= 4 is 11.3 Å². The zero-order chi connectivity index (χ0) is 14.8. The Labute approximate surface area is 118 Å². The number of halogens is 1. The summed E-state index contributed by atoms with van der Waals surface area (Å²) in [6.07, 6.45) is 0.771. The molecule has 108 valence electrons. The molecular formula is C13H14FN2O3S-. The zero-order valence-corrected chi connectivity index (χ0v) is 11.5. The van der Waals surface area contributed by atoms with E-state index in [1.165, 1.54) is 12.1 Å². The van der Waals surface area contributed by atoms with Gasteiger partial charge in [0.2, 0.25) is 0 Å². The van der Waals surface area contributed by atoms with Gasteiger partial charge < -0.3 is 9.66 Å². The van der Waals surface area contributed by atoms with E-state index in [0.717, 1.165) is 0 Å². The quantitative estimate of drug-likeness (QED) is 0.811. The van der Waals surface area contributed by atoms with Crippen molar-refractivity contribution in [2.45, 2.75) is 37.3 Å². The molecule has 1 fully saturated rings. The first-order valence-corrected chi connectivity index (χ1v) is 7.25. The Morgan fingerprint density at radius 3 is 2.90 bits per heavy atom. The highest BCUT2D eigenvalue weighted by molar-refractivity contribution is 7.77. The van der Waals surface area contributed by atoms with Crippen molar-refractivity contribution in [3.8, 4) is 6.07 Å². The number of hydrogen-bond donors (Lipinski definition) is 2. The molecule has 20 heavy (non-hydrogen) atoms. The third-order valence-electron chi connectivity index (χ3n) is 3.69. The predicted octanol–water partition coefficient (Wildman–Crippen LogP) is 1.02. The molecule has 0 aromatic heterocycles. The van der Waals surface area contributed by atoms with E-state index in [9.17, 15) is 23.5 Å². The number of nitrogens with zero attached hydrogens (tertiary/aromatic N) is 1. The molecule has 0 bridgehead atoms. The van der Waals surface area contributed by atoms with Crippen LogP contribution in [0.5, 0.6) is 0 Å². The number of nitrogens with one attached hydrogen (secondary N) is 1. The average Bonchev–Trinajstić information content (AvgIpc) is 2.80. The second-order valence-electron chi connectivity index (χ2n) is 4.95. The van der Waals surface area contributed by atoms with E-state index in [0.29, 0.717) is 24.8 Å². The fourth-order valence-corrected chi connectivity index (χ4v) is 2.85. The number of aliphatic hydroxyl groups excluding tert-OH is 1. The fraction of sp³-hybridized carbons (Fsp3) is 0.462. The molecule has 1 saturated carbocycles. The first-order chi connectivity index (χ1) is 9.47. The lowest BCUT2D eigenvalue weighted by molar-refractivity contribution is 0.178. The fourth-order valence-electron chi connectivity index (χ4n) is 2.57. The molecule has 0 aliphatic heterocycles. The third kappa shape index (κ3) is 3.04. The Morgan fingerprint density at radius 2 is 2.40 bits per heavy atom. The molecule has 7 heteroatoms. The summed E-state index contributed by atoms with van der Waals surface area (Å²) in [5.41, 5.74) is -0.112. The topological polar surface area (TPSA) is 96.2 Å². The largest absolute Gasteiger partial charge is 0.760 e. The molecule has 0 saturated heterocycles. The van der Waals surface area contributed by atoms with Crippen molar-refractivity contribution < 1.29 is 18.3 Å². The first kappa shape index (κ1) is 15.1. The van der Waals surface area contributed by atoms with Crippen molar-refractivity contribution in [1.29, 1.82) is 5.26 Å². The van der Waals surface area contributed by atoms with Crippen molar-refractivity contribution in [2.75, 3.05) is 0 Å². The van der Waals surface area contributed by atoms with Crippen molar-refractivity contribution in [1.82, 2.24) is 4.72 Å². The van der Waals surface area contributed by atoms with Gasteiger partial charge in [-0.3, -0.25) is 4.21 Å². The minimum absolute atomic E-state index is 0.135. The second-order valence-corrected chi connectivity index (χ2v) is 5.71. The first-order valence-electron chi connectivity index (χ1n) is 6.18. The van der Waals surface area contributed by atoms with Gasteiger partial charge in [-0.25, -0.2) is 9.11 Å². The van der Waals surface area contributed by atoms with Gasteiger partial charge in [0, 0.05) is 23.4 Å². The molecule has 0 amide bonds. The molecule has 5 nitrogen and oxygen atoms in total. The smallest absolute Gasteiger partial charge is 0.128 e. The van der Waals surface area contributed by atoms with Crippen molar-refractivity contribution in [3.63, 3.8) is 0 Å². The third-order valence-corrected chi connectivity index (χ3v) is 4.07. The minimum atomic E-state index is -2.45. The van der Waals surface area contributed by atoms with Gasteiger partial charge in [0.15, 0.2) is 0 Å². The van der Waals surface area contributed by atoms with E-state index in [4.69, 9.17) is 0 Å². The summed E-state index contributed by atoms with van der Waals surface area (Å²) < 4.78 is 36.8. The normalized spacial score (nSPS) is 27.2. The van der Waals surface area contributed by atoms with Crippen LogP contribution in [0.1, 0.15) is 30.4 Å². The van der Waals surface area contributed by atoms with Crippen LogP contribution in [-0.2, 0) is 23.2 Å². The molecule has 1 aromatic carbocycles. The second kappa shape index (κ2) is 5.97. The molecule has 0 radical (unpaired) electrons. The van der Waals surface area contributed by atoms with E-state index >= 15 is 0 Å². The molecule has 1 aliphatic rings. The highest BCUT2D eigenvalue weighted by Crippen LogP contribution is 2.41. The van der Waals surface area contributed by atoms with Crippen LogP contribution in [0.25, 0.3) is 0 Å². The number of benzene rings is 1. The lowest BCUT2D eigenvalue weighted by Gasteiger charge is -2.21. The van der Waals surface area contributed by atoms with Crippen LogP contribution in [0.15, 0.2) is 18.2 Å². The van der Waals surface area contributed by atoms with Gasteiger partial charge in [-0.2, -0.15) is 5.26 Å². The van der Waals surface area contributed by atoms with Gasteiger partial charge in [-0.05, 0) is 30.9 Å². The number of nitriles is 1. The number of aliphatic hydroxyl groups is 1. The van der Waals surface area contributed by atoms with Crippen LogP contribution in [0, 0.1) is 17.1 Å². The van der Waals surface area contributed by atoms with Crippen LogP contribution < -0.4 is 4.72 Å². The highest BCUT2D eigenvalue weighted by Gasteiger charge is 2.40. The van der Waals surface area contributed by atoms with E-state index in [2.05, 4.69) is 10.8 Å². The molecule has 1 aliphatic carbocycles. The summed E-state index contributed by atoms with van der Waals surface area (Å²) in [5, 5.41) is 18.9. The van der Waals surface area contributed by atoms with Crippen LogP contribution in [0.3, 0.4) is 0 Å². The van der Waals surface area contributed by atoms with E-state index in [-0.39, 0.29) is 12.1 Å². The maximum atomic E-state index is 13.9. The standard InChI is InChI=1S/C13H15FN2O3S/c14-12-5-10(2-1-9(12)7-16-20(18)19)13(8-15)4-3-11(17)6-13/h1-2,5,11,16-17H,3-4,6-7H2,(H,18,19)/p-1. The molecule has 3 atom stereocenters. The molecule has 2 rings (SSSR count).